The molecule has 0 saturated carbocycles. The number of carbonyl (C=O) groups is 4. The highest BCUT2D eigenvalue weighted by molar-refractivity contribution is 8.00. The maximum Gasteiger partial charge on any atom is 0.341 e. The fourth-order valence-corrected chi connectivity index (χ4v) is 7.40. The summed E-state index contributed by atoms with van der Waals surface area (Å²) >= 11 is 8.67. The van der Waals surface area contributed by atoms with Crippen LogP contribution in [0.15, 0.2) is 83.8 Å². The number of hydrogen-bond acceptors (Lipinski definition) is 7. The van der Waals surface area contributed by atoms with E-state index in [2.05, 4.69) is 10.6 Å². The van der Waals surface area contributed by atoms with Crippen LogP contribution in [0.2, 0.25) is 5.02 Å². The van der Waals surface area contributed by atoms with Gasteiger partial charge >= 0.3 is 5.97 Å². The molecule has 226 valence electrons. The van der Waals surface area contributed by atoms with E-state index < -0.39 is 11.2 Å². The Morgan fingerprint density at radius 1 is 1.00 bits per heavy atom. The molecule has 0 saturated heterocycles. The molecule has 0 aliphatic carbocycles. The molecule has 2 heterocycles. The summed E-state index contributed by atoms with van der Waals surface area (Å²) < 4.78 is 5.36. The van der Waals surface area contributed by atoms with Gasteiger partial charge in [-0.3, -0.25) is 14.4 Å². The molecule has 3 aromatic carbocycles. The average molecular weight is 648 g/mol. The summed E-state index contributed by atoms with van der Waals surface area (Å²) in [7, 11) is 0. The van der Waals surface area contributed by atoms with Gasteiger partial charge < -0.3 is 20.3 Å². The number of thioether (sulfide) groups is 1. The van der Waals surface area contributed by atoms with Crippen molar-refractivity contribution in [2.75, 3.05) is 23.8 Å². The summed E-state index contributed by atoms with van der Waals surface area (Å²) in [5.41, 5.74) is 2.93. The van der Waals surface area contributed by atoms with E-state index in [4.69, 9.17) is 16.3 Å². The summed E-state index contributed by atoms with van der Waals surface area (Å²) in [5, 5.41) is 6.10. The van der Waals surface area contributed by atoms with Gasteiger partial charge in [-0.05, 0) is 60.9 Å². The van der Waals surface area contributed by atoms with Gasteiger partial charge in [0.25, 0.3) is 5.91 Å². The van der Waals surface area contributed by atoms with Gasteiger partial charge in [-0.15, -0.1) is 23.1 Å². The van der Waals surface area contributed by atoms with Gasteiger partial charge in [0, 0.05) is 39.5 Å². The Kier molecular flexibility index (Phi) is 10.0. The fourth-order valence-electron chi connectivity index (χ4n) is 4.87. The predicted octanol–water partition coefficient (Wildman–Crippen LogP) is 7.21. The number of amides is 3. The van der Waals surface area contributed by atoms with E-state index in [9.17, 15) is 19.2 Å². The first-order valence-corrected chi connectivity index (χ1v) is 16.1. The lowest BCUT2D eigenvalue weighted by molar-refractivity contribution is -0.129. The molecule has 0 bridgehead atoms. The Labute approximate surface area is 268 Å². The van der Waals surface area contributed by atoms with E-state index in [1.165, 1.54) is 30.0 Å². The number of esters is 1. The zero-order chi connectivity index (χ0) is 31.2. The third-order valence-corrected chi connectivity index (χ3v) is 9.61. The molecule has 4 aromatic rings. The van der Waals surface area contributed by atoms with Crippen molar-refractivity contribution in [3.05, 3.63) is 111 Å². The van der Waals surface area contributed by atoms with Gasteiger partial charge in [-0.2, -0.15) is 0 Å². The number of carbonyl (C=O) groups excluding carboxylic acids is 4. The molecule has 3 amide bonds. The number of nitrogens with one attached hydrogen (secondary N) is 2. The molecule has 8 nitrogen and oxygen atoms in total. The molecule has 0 radical (unpaired) electrons. The largest absolute Gasteiger partial charge is 0.462 e. The van der Waals surface area contributed by atoms with Gasteiger partial charge in [0.1, 0.15) is 10.3 Å². The van der Waals surface area contributed by atoms with Crippen LogP contribution in [0.4, 0.5) is 10.7 Å². The van der Waals surface area contributed by atoms with E-state index in [0.717, 1.165) is 20.9 Å². The Morgan fingerprint density at radius 2 is 1.77 bits per heavy atom. The number of benzene rings is 3. The molecule has 1 atom stereocenters. The predicted molar refractivity (Wildman–Crippen MR) is 175 cm³/mol. The molecule has 0 spiro atoms. The molecule has 1 aromatic heterocycles. The number of anilines is 2. The topological polar surface area (TPSA) is 105 Å². The molecular weight excluding hydrogens is 618 g/mol. The normalized spacial score (nSPS) is 13.0. The van der Waals surface area contributed by atoms with Gasteiger partial charge in [-0.1, -0.05) is 54.1 Å². The van der Waals surface area contributed by atoms with Crippen molar-refractivity contribution in [3.63, 3.8) is 0 Å². The monoisotopic (exact) mass is 647 g/mol. The van der Waals surface area contributed by atoms with Crippen molar-refractivity contribution < 1.29 is 23.9 Å². The summed E-state index contributed by atoms with van der Waals surface area (Å²) in [4.78, 5) is 55.3. The second kappa shape index (κ2) is 14.1. The highest BCUT2D eigenvalue weighted by atomic mass is 35.5. The van der Waals surface area contributed by atoms with E-state index in [0.29, 0.717) is 46.3 Å². The van der Waals surface area contributed by atoms with Gasteiger partial charge in [0.2, 0.25) is 11.8 Å². The van der Waals surface area contributed by atoms with E-state index in [1.54, 1.807) is 48.2 Å². The number of hydrogen-bond donors (Lipinski definition) is 2. The molecule has 44 heavy (non-hydrogen) atoms. The Hall–Kier alpha value is -4.12. The third kappa shape index (κ3) is 7.32. The second-order valence-corrected chi connectivity index (χ2v) is 12.7. The smallest absolute Gasteiger partial charge is 0.341 e. The number of fused-ring (bicyclic) bond motifs is 1. The standard InChI is InChI=1S/C33H30ClN3O5S2/c1-3-42-33(41)28-26-15-16-37(20(2)38)19-27(26)44-32(28)36-31(40)29(21-9-5-4-6-10-21)43-25-14-8-13-24(18-25)35-30(39)22-11-7-12-23(34)17-22/h4-14,17-18,29H,3,15-16,19H2,1-2H3,(H,35,39)(H,36,40). The zero-order valence-electron chi connectivity index (χ0n) is 24.1. The molecule has 1 unspecified atom stereocenters. The minimum atomic E-state index is -0.682. The van der Waals surface area contributed by atoms with Crippen LogP contribution in [0.5, 0.6) is 0 Å². The summed E-state index contributed by atoms with van der Waals surface area (Å²) in [6, 6.07) is 23.3. The molecule has 1 aliphatic rings. The first kappa shape index (κ1) is 31.3. The molecular formula is C33H30ClN3O5S2. The maximum absolute atomic E-state index is 14.0. The van der Waals surface area contributed by atoms with E-state index in [1.807, 2.05) is 42.5 Å². The second-order valence-electron chi connectivity index (χ2n) is 10.0. The van der Waals surface area contributed by atoms with Crippen molar-refractivity contribution in [1.82, 2.24) is 4.90 Å². The molecule has 2 N–H and O–H groups in total. The van der Waals surface area contributed by atoms with Crippen molar-refractivity contribution in [3.8, 4) is 0 Å². The van der Waals surface area contributed by atoms with Crippen molar-refractivity contribution in [1.29, 1.82) is 0 Å². The van der Waals surface area contributed by atoms with Gasteiger partial charge in [-0.25, -0.2) is 4.79 Å². The van der Waals surface area contributed by atoms with Crippen LogP contribution in [-0.4, -0.2) is 41.7 Å². The lowest BCUT2D eigenvalue weighted by Gasteiger charge is -2.25. The van der Waals surface area contributed by atoms with Crippen LogP contribution in [0.25, 0.3) is 0 Å². The van der Waals surface area contributed by atoms with Crippen LogP contribution in [0, 0.1) is 0 Å². The summed E-state index contributed by atoms with van der Waals surface area (Å²) in [6.45, 7) is 4.32. The van der Waals surface area contributed by atoms with Gasteiger partial charge in [0.05, 0.1) is 18.7 Å². The quantitative estimate of drug-likeness (QED) is 0.147. The fraction of sp³-hybridized carbons (Fsp3) is 0.212. The Bertz CT molecular complexity index is 1710. The highest BCUT2D eigenvalue weighted by Gasteiger charge is 2.32. The maximum atomic E-state index is 14.0. The number of thiophene rings is 1. The molecule has 1 aliphatic heterocycles. The van der Waals surface area contributed by atoms with Crippen LogP contribution in [0.1, 0.15) is 55.8 Å². The Morgan fingerprint density at radius 3 is 2.50 bits per heavy atom. The number of ether oxygens (including phenoxy) is 1. The lowest BCUT2D eigenvalue weighted by atomic mass is 10.0. The molecule has 11 heteroatoms. The highest BCUT2D eigenvalue weighted by Crippen LogP contribution is 2.41. The van der Waals surface area contributed by atoms with Crippen molar-refractivity contribution in [2.45, 2.75) is 37.0 Å². The lowest BCUT2D eigenvalue weighted by Crippen LogP contribution is -2.34. The first-order chi connectivity index (χ1) is 21.2. The number of halogens is 1. The third-order valence-electron chi connectivity index (χ3n) is 6.99. The summed E-state index contributed by atoms with van der Waals surface area (Å²) in [5.74, 6) is -1.16. The van der Waals surface area contributed by atoms with E-state index in [-0.39, 0.29) is 24.3 Å². The number of rotatable bonds is 9. The first-order valence-electron chi connectivity index (χ1n) is 14.0. The minimum Gasteiger partial charge on any atom is -0.462 e. The van der Waals surface area contributed by atoms with Gasteiger partial charge in [0.15, 0.2) is 0 Å². The zero-order valence-corrected chi connectivity index (χ0v) is 26.5. The molecule has 5 rings (SSSR count). The van der Waals surface area contributed by atoms with Crippen molar-refractivity contribution >= 4 is 69.1 Å². The average Bonchev–Trinajstić information content (AvgIpc) is 3.37. The van der Waals surface area contributed by atoms with E-state index >= 15 is 0 Å². The Balaban J connectivity index is 1.41. The van der Waals surface area contributed by atoms with Crippen molar-refractivity contribution in [2.24, 2.45) is 0 Å². The van der Waals surface area contributed by atoms with Crippen LogP contribution < -0.4 is 10.6 Å². The molecule has 0 fully saturated rings. The minimum absolute atomic E-state index is 0.0427. The summed E-state index contributed by atoms with van der Waals surface area (Å²) in [6.07, 6.45) is 0.500. The van der Waals surface area contributed by atoms with Crippen LogP contribution >= 0.6 is 34.7 Å². The SMILES string of the molecule is CCOC(=O)c1c(NC(=O)C(Sc2cccc(NC(=O)c3cccc(Cl)c3)c2)c2ccccc2)sc2c1CCN(C(C)=O)C2. The number of nitrogens with zero attached hydrogens (tertiary/aromatic N) is 1. The van der Waals surface area contributed by atoms with Crippen LogP contribution in [0.3, 0.4) is 0 Å². The van der Waals surface area contributed by atoms with Crippen LogP contribution in [-0.2, 0) is 27.3 Å².